The Morgan fingerprint density at radius 3 is 2.50 bits per heavy atom. The maximum atomic E-state index is 11.8. The van der Waals surface area contributed by atoms with Crippen LogP contribution in [0.2, 0.25) is 0 Å². The van der Waals surface area contributed by atoms with Crippen LogP contribution in [0.15, 0.2) is 41.8 Å². The monoisotopic (exact) mass is 270 g/mol. The van der Waals surface area contributed by atoms with Gasteiger partial charge in [0.2, 0.25) is 0 Å². The van der Waals surface area contributed by atoms with Gasteiger partial charge < -0.3 is 4.74 Å². The highest BCUT2D eigenvalue weighted by molar-refractivity contribution is 7.86. The van der Waals surface area contributed by atoms with Gasteiger partial charge in [0.25, 0.3) is 10.1 Å². The maximum Gasteiger partial charge on any atom is 0.297 e. The fraction of sp³-hybridized carbons (Fsp3) is 0.385. The van der Waals surface area contributed by atoms with E-state index in [1.807, 2.05) is 6.92 Å². The molecule has 0 aliphatic rings. The van der Waals surface area contributed by atoms with Gasteiger partial charge in [-0.25, -0.2) is 0 Å². The summed E-state index contributed by atoms with van der Waals surface area (Å²) in [5.41, 5.74) is 0.997. The molecule has 0 fully saturated rings. The Kier molecular flexibility index (Phi) is 5.53. The zero-order chi connectivity index (χ0) is 13.6. The molecular weight excluding hydrogens is 252 g/mol. The number of hydrogen-bond donors (Lipinski definition) is 0. The van der Waals surface area contributed by atoms with Crippen LogP contribution >= 0.6 is 0 Å². The number of hydrogen-bond acceptors (Lipinski definition) is 4. The van der Waals surface area contributed by atoms with E-state index in [0.29, 0.717) is 6.61 Å². The van der Waals surface area contributed by atoms with E-state index >= 15 is 0 Å². The van der Waals surface area contributed by atoms with Gasteiger partial charge in [-0.15, -0.1) is 6.58 Å². The molecule has 0 amide bonds. The van der Waals surface area contributed by atoms with Gasteiger partial charge in [-0.2, -0.15) is 8.42 Å². The van der Waals surface area contributed by atoms with Gasteiger partial charge in [-0.1, -0.05) is 23.8 Å². The van der Waals surface area contributed by atoms with Gasteiger partial charge >= 0.3 is 0 Å². The van der Waals surface area contributed by atoms with Crippen LogP contribution in [0.5, 0.6) is 0 Å². The summed E-state index contributed by atoms with van der Waals surface area (Å²) in [7, 11) is -3.70. The molecule has 1 rings (SSSR count). The number of rotatable bonds is 7. The van der Waals surface area contributed by atoms with Crippen molar-refractivity contribution in [2.75, 3.05) is 13.2 Å². The molecule has 100 valence electrons. The predicted octanol–water partition coefficient (Wildman–Crippen LogP) is 2.29. The molecule has 4 nitrogen and oxygen atoms in total. The van der Waals surface area contributed by atoms with Crippen molar-refractivity contribution in [3.63, 3.8) is 0 Å². The van der Waals surface area contributed by atoms with Gasteiger partial charge in [0.1, 0.15) is 0 Å². The summed E-state index contributed by atoms with van der Waals surface area (Å²) in [5, 5.41) is 0. The van der Waals surface area contributed by atoms with E-state index in [0.717, 1.165) is 5.56 Å². The Bertz CT molecular complexity index is 476. The molecule has 1 aromatic carbocycles. The van der Waals surface area contributed by atoms with Crippen LogP contribution in [0, 0.1) is 6.92 Å². The minimum Gasteiger partial charge on any atom is -0.372 e. The molecule has 18 heavy (non-hydrogen) atoms. The smallest absolute Gasteiger partial charge is 0.297 e. The molecular formula is C13H18O4S. The lowest BCUT2D eigenvalue weighted by Crippen LogP contribution is -2.19. The molecule has 0 saturated carbocycles. The molecule has 0 N–H and O–H groups in total. The number of aryl methyl sites for hydroxylation is 1. The second-order valence-electron chi connectivity index (χ2n) is 3.98. The maximum absolute atomic E-state index is 11.8. The summed E-state index contributed by atoms with van der Waals surface area (Å²) in [6.07, 6.45) is 1.30. The van der Waals surface area contributed by atoms with Crippen molar-refractivity contribution in [1.82, 2.24) is 0 Å². The highest BCUT2D eigenvalue weighted by Gasteiger charge is 2.16. The largest absolute Gasteiger partial charge is 0.372 e. The molecule has 0 spiro atoms. The molecule has 0 saturated heterocycles. The third-order valence-corrected chi connectivity index (χ3v) is 3.56. The van der Waals surface area contributed by atoms with Crippen LogP contribution in [0.4, 0.5) is 0 Å². The van der Waals surface area contributed by atoms with Crippen molar-refractivity contribution in [3.8, 4) is 0 Å². The van der Waals surface area contributed by atoms with E-state index < -0.39 is 10.1 Å². The zero-order valence-electron chi connectivity index (χ0n) is 10.6. The van der Waals surface area contributed by atoms with Crippen LogP contribution in [0.25, 0.3) is 0 Å². The first kappa shape index (κ1) is 14.9. The Morgan fingerprint density at radius 2 is 1.94 bits per heavy atom. The molecule has 0 bridgehead atoms. The van der Waals surface area contributed by atoms with Crippen LogP contribution in [-0.2, 0) is 19.0 Å². The molecule has 0 unspecified atom stereocenters. The predicted molar refractivity (Wildman–Crippen MR) is 69.9 cm³/mol. The zero-order valence-corrected chi connectivity index (χ0v) is 11.4. The average molecular weight is 270 g/mol. The standard InChI is InChI=1S/C13H18O4S/c1-4-9-16-12(3)10-17-18(14,15)13-7-5-11(2)6-8-13/h4-8,12H,1,9-10H2,2-3H3/t12-/m1/s1. The topological polar surface area (TPSA) is 52.6 Å². The van der Waals surface area contributed by atoms with Crippen molar-refractivity contribution in [3.05, 3.63) is 42.5 Å². The van der Waals surface area contributed by atoms with E-state index in [2.05, 4.69) is 6.58 Å². The summed E-state index contributed by atoms with van der Waals surface area (Å²) >= 11 is 0. The summed E-state index contributed by atoms with van der Waals surface area (Å²) < 4.78 is 33.8. The Labute approximate surface area is 108 Å². The van der Waals surface area contributed by atoms with Crippen LogP contribution in [0.1, 0.15) is 12.5 Å². The van der Waals surface area contributed by atoms with Gasteiger partial charge in [0.05, 0.1) is 24.2 Å². The van der Waals surface area contributed by atoms with Gasteiger partial charge in [0.15, 0.2) is 0 Å². The SMILES string of the molecule is C=CCO[C@H](C)COS(=O)(=O)c1ccc(C)cc1. The first-order chi connectivity index (χ1) is 8.45. The molecule has 0 heterocycles. The van der Waals surface area contributed by atoms with Gasteiger partial charge in [-0.3, -0.25) is 4.18 Å². The van der Waals surface area contributed by atoms with Crippen LogP contribution < -0.4 is 0 Å². The van der Waals surface area contributed by atoms with E-state index in [-0.39, 0.29) is 17.6 Å². The highest BCUT2D eigenvalue weighted by Crippen LogP contribution is 2.13. The Balaban J connectivity index is 2.60. The van der Waals surface area contributed by atoms with Gasteiger partial charge in [-0.05, 0) is 26.0 Å². The summed E-state index contributed by atoms with van der Waals surface area (Å²) in [6, 6.07) is 6.52. The highest BCUT2D eigenvalue weighted by atomic mass is 32.2. The van der Waals surface area contributed by atoms with E-state index in [9.17, 15) is 8.42 Å². The Morgan fingerprint density at radius 1 is 1.33 bits per heavy atom. The van der Waals surface area contributed by atoms with Crippen molar-refractivity contribution in [2.24, 2.45) is 0 Å². The van der Waals surface area contributed by atoms with Gasteiger partial charge in [0, 0.05) is 0 Å². The van der Waals surface area contributed by atoms with Crippen LogP contribution in [0.3, 0.4) is 0 Å². The lowest BCUT2D eigenvalue weighted by atomic mass is 10.2. The van der Waals surface area contributed by atoms with Crippen molar-refractivity contribution < 1.29 is 17.3 Å². The lowest BCUT2D eigenvalue weighted by Gasteiger charge is -2.12. The van der Waals surface area contributed by atoms with Crippen molar-refractivity contribution >= 4 is 10.1 Å². The summed E-state index contributed by atoms with van der Waals surface area (Å²) in [4.78, 5) is 0.157. The molecule has 1 aromatic rings. The minimum absolute atomic E-state index is 0.00987. The first-order valence-corrected chi connectivity index (χ1v) is 7.05. The van der Waals surface area contributed by atoms with E-state index in [1.54, 1.807) is 25.1 Å². The average Bonchev–Trinajstić information content (AvgIpc) is 2.34. The first-order valence-electron chi connectivity index (χ1n) is 5.64. The fourth-order valence-electron chi connectivity index (χ4n) is 1.24. The Hall–Kier alpha value is -1.17. The van der Waals surface area contributed by atoms with Crippen LogP contribution in [-0.4, -0.2) is 27.7 Å². The van der Waals surface area contributed by atoms with E-state index in [1.165, 1.54) is 12.1 Å². The third-order valence-electron chi connectivity index (χ3n) is 2.27. The third kappa shape index (κ3) is 4.60. The van der Waals surface area contributed by atoms with Crippen molar-refractivity contribution in [1.29, 1.82) is 0 Å². The molecule has 0 aromatic heterocycles. The lowest BCUT2D eigenvalue weighted by molar-refractivity contribution is 0.0513. The minimum atomic E-state index is -3.70. The second-order valence-corrected chi connectivity index (χ2v) is 5.60. The summed E-state index contributed by atoms with van der Waals surface area (Å²) in [6.45, 7) is 7.51. The van der Waals surface area contributed by atoms with E-state index in [4.69, 9.17) is 8.92 Å². The summed E-state index contributed by atoms with van der Waals surface area (Å²) in [5.74, 6) is 0. The quantitative estimate of drug-likeness (QED) is 0.563. The van der Waals surface area contributed by atoms with Crippen molar-refractivity contribution in [2.45, 2.75) is 24.8 Å². The molecule has 0 aliphatic heterocycles. The fourth-order valence-corrected chi connectivity index (χ4v) is 2.22. The molecule has 0 aliphatic carbocycles. The normalized spacial score (nSPS) is 13.2. The number of ether oxygens (including phenoxy) is 1. The molecule has 1 atom stereocenters. The molecule has 0 radical (unpaired) electrons. The second kappa shape index (κ2) is 6.68. The molecule has 5 heteroatoms. The number of benzene rings is 1.